The van der Waals surface area contributed by atoms with Crippen LogP contribution >= 0.6 is 0 Å². The summed E-state index contributed by atoms with van der Waals surface area (Å²) in [5.41, 5.74) is 2.10. The Balaban J connectivity index is 1.47. The number of ether oxygens (including phenoxy) is 2. The van der Waals surface area contributed by atoms with Gasteiger partial charge in [-0.3, -0.25) is 0 Å². The third kappa shape index (κ3) is 3.54. The van der Waals surface area contributed by atoms with E-state index in [1.54, 1.807) is 0 Å². The van der Waals surface area contributed by atoms with Crippen LogP contribution in [0.1, 0.15) is 44.1 Å². The van der Waals surface area contributed by atoms with E-state index in [0.29, 0.717) is 18.8 Å². The van der Waals surface area contributed by atoms with E-state index in [-0.39, 0.29) is 0 Å². The Morgan fingerprint density at radius 1 is 1.15 bits per heavy atom. The van der Waals surface area contributed by atoms with Crippen LogP contribution in [0.5, 0.6) is 11.5 Å². The van der Waals surface area contributed by atoms with Gasteiger partial charge in [-0.1, -0.05) is 13.8 Å². The number of hydrogen-bond donors (Lipinski definition) is 1. The van der Waals surface area contributed by atoms with Crippen molar-refractivity contribution < 1.29 is 9.47 Å². The fourth-order valence-corrected chi connectivity index (χ4v) is 3.52. The van der Waals surface area contributed by atoms with Crippen LogP contribution in [0.2, 0.25) is 0 Å². The smallest absolute Gasteiger partial charge is 0.231 e. The highest BCUT2D eigenvalue weighted by molar-refractivity contribution is 5.56. The monoisotopic (exact) mass is 354 g/mol. The van der Waals surface area contributed by atoms with Gasteiger partial charge < -0.3 is 19.7 Å². The summed E-state index contributed by atoms with van der Waals surface area (Å²) < 4.78 is 10.9. The number of rotatable bonds is 4. The van der Waals surface area contributed by atoms with Crippen molar-refractivity contribution in [2.24, 2.45) is 0 Å². The highest BCUT2D eigenvalue weighted by atomic mass is 16.7. The maximum atomic E-state index is 5.48. The van der Waals surface area contributed by atoms with E-state index in [9.17, 15) is 0 Å². The molecular weight excluding hydrogens is 328 g/mol. The minimum atomic E-state index is 0.307. The lowest BCUT2D eigenvalue weighted by Gasteiger charge is -2.34. The van der Waals surface area contributed by atoms with Crippen molar-refractivity contribution >= 4 is 11.5 Å². The van der Waals surface area contributed by atoms with Crippen molar-refractivity contribution in [3.05, 3.63) is 35.8 Å². The minimum Gasteiger partial charge on any atom is -0.454 e. The van der Waals surface area contributed by atoms with Crippen LogP contribution < -0.4 is 19.7 Å². The van der Waals surface area contributed by atoms with Gasteiger partial charge in [0.25, 0.3) is 0 Å². The Hall–Kier alpha value is -2.50. The summed E-state index contributed by atoms with van der Waals surface area (Å²) in [6.07, 6.45) is 2.29. The molecule has 0 radical (unpaired) electrons. The van der Waals surface area contributed by atoms with Crippen molar-refractivity contribution in [3.8, 4) is 11.5 Å². The number of fused-ring (bicyclic) bond motifs is 1. The van der Waals surface area contributed by atoms with E-state index in [1.165, 1.54) is 0 Å². The van der Waals surface area contributed by atoms with Crippen molar-refractivity contribution in [2.75, 3.05) is 30.1 Å². The maximum absolute atomic E-state index is 5.48. The van der Waals surface area contributed by atoms with Crippen molar-refractivity contribution in [1.29, 1.82) is 0 Å². The Kier molecular flexibility index (Phi) is 4.57. The zero-order chi connectivity index (χ0) is 18.1. The molecule has 2 aromatic rings. The third-order valence-corrected chi connectivity index (χ3v) is 4.86. The molecule has 3 heterocycles. The lowest BCUT2D eigenvalue weighted by atomic mass is 10.0. The SMILES string of the molecule is Cc1cc(N2CCCC(Nc3ccc4c(c3)OCO4)C2)nc(C(C)C)n1. The predicted molar refractivity (Wildman–Crippen MR) is 102 cm³/mol. The van der Waals surface area contributed by atoms with Crippen molar-refractivity contribution in [1.82, 2.24) is 9.97 Å². The molecule has 0 spiro atoms. The number of hydrogen-bond acceptors (Lipinski definition) is 6. The van der Waals surface area contributed by atoms with Crippen LogP contribution in [0, 0.1) is 6.92 Å². The van der Waals surface area contributed by atoms with Gasteiger partial charge >= 0.3 is 0 Å². The molecule has 1 N–H and O–H groups in total. The van der Waals surface area contributed by atoms with Gasteiger partial charge in [-0.15, -0.1) is 0 Å². The summed E-state index contributed by atoms with van der Waals surface area (Å²) in [7, 11) is 0. The molecule has 6 nitrogen and oxygen atoms in total. The second kappa shape index (κ2) is 7.02. The molecule has 6 heteroatoms. The van der Waals surface area contributed by atoms with Crippen LogP contribution in [0.3, 0.4) is 0 Å². The van der Waals surface area contributed by atoms with Gasteiger partial charge in [0.2, 0.25) is 6.79 Å². The fraction of sp³-hybridized carbons (Fsp3) is 0.500. The number of benzene rings is 1. The van der Waals surface area contributed by atoms with Crippen molar-refractivity contribution in [3.63, 3.8) is 0 Å². The van der Waals surface area contributed by atoms with E-state index in [1.807, 2.05) is 19.1 Å². The topological polar surface area (TPSA) is 59.5 Å². The van der Waals surface area contributed by atoms with Crippen LogP contribution in [-0.2, 0) is 0 Å². The molecule has 1 fully saturated rings. The Bertz CT molecular complexity index is 793. The fourth-order valence-electron chi connectivity index (χ4n) is 3.52. The van der Waals surface area contributed by atoms with E-state index in [4.69, 9.17) is 14.5 Å². The molecule has 2 aliphatic heterocycles. The molecule has 1 saturated heterocycles. The van der Waals surface area contributed by atoms with Crippen LogP contribution in [-0.4, -0.2) is 35.9 Å². The zero-order valence-electron chi connectivity index (χ0n) is 15.7. The minimum absolute atomic E-state index is 0.307. The summed E-state index contributed by atoms with van der Waals surface area (Å²) >= 11 is 0. The molecule has 1 atom stereocenters. The molecule has 2 aliphatic rings. The molecule has 0 amide bonds. The Labute approximate surface area is 154 Å². The molecule has 4 rings (SSSR count). The first-order valence-corrected chi connectivity index (χ1v) is 9.35. The number of piperidine rings is 1. The average molecular weight is 354 g/mol. The summed E-state index contributed by atoms with van der Waals surface area (Å²) in [4.78, 5) is 11.7. The van der Waals surface area contributed by atoms with Gasteiger partial charge in [-0.2, -0.15) is 0 Å². The Morgan fingerprint density at radius 2 is 2.00 bits per heavy atom. The summed E-state index contributed by atoms with van der Waals surface area (Å²) in [5, 5.41) is 3.64. The molecule has 26 heavy (non-hydrogen) atoms. The first kappa shape index (κ1) is 16.9. The third-order valence-electron chi connectivity index (χ3n) is 4.86. The largest absolute Gasteiger partial charge is 0.454 e. The van der Waals surface area contributed by atoms with Gasteiger partial charge in [0, 0.05) is 48.6 Å². The van der Waals surface area contributed by atoms with E-state index in [0.717, 1.165) is 60.5 Å². The molecule has 1 aromatic heterocycles. The predicted octanol–water partition coefficient (Wildman–Crippen LogP) is 3.72. The first-order valence-electron chi connectivity index (χ1n) is 9.35. The lowest BCUT2D eigenvalue weighted by molar-refractivity contribution is 0.174. The molecule has 138 valence electrons. The summed E-state index contributed by atoms with van der Waals surface area (Å²) in [5.74, 6) is 3.93. The standard InChI is InChI=1S/C20H26N4O2/c1-13(2)20-21-14(3)9-19(23-20)24-8-4-5-16(11-24)22-15-6-7-17-18(10-15)26-12-25-17/h6-7,9-10,13,16,22H,4-5,8,11-12H2,1-3H3. The van der Waals surface area contributed by atoms with Gasteiger partial charge in [0.05, 0.1) is 0 Å². The number of aryl methyl sites for hydroxylation is 1. The second-order valence-corrected chi connectivity index (χ2v) is 7.38. The molecule has 1 unspecified atom stereocenters. The van der Waals surface area contributed by atoms with Gasteiger partial charge in [0.15, 0.2) is 11.5 Å². The number of nitrogens with zero attached hydrogens (tertiary/aromatic N) is 3. The zero-order valence-corrected chi connectivity index (χ0v) is 15.7. The normalized spacial score (nSPS) is 19.1. The summed E-state index contributed by atoms with van der Waals surface area (Å²) in [6.45, 7) is 8.60. The van der Waals surface area contributed by atoms with Crippen molar-refractivity contribution in [2.45, 2.75) is 45.6 Å². The first-order chi connectivity index (χ1) is 12.6. The lowest BCUT2D eigenvalue weighted by Crippen LogP contribution is -2.42. The number of aromatic nitrogens is 2. The summed E-state index contributed by atoms with van der Waals surface area (Å²) in [6, 6.07) is 8.51. The molecule has 0 saturated carbocycles. The second-order valence-electron chi connectivity index (χ2n) is 7.38. The van der Waals surface area contributed by atoms with Crippen LogP contribution in [0.15, 0.2) is 24.3 Å². The average Bonchev–Trinajstić information content (AvgIpc) is 3.09. The highest BCUT2D eigenvalue weighted by Crippen LogP contribution is 2.34. The van der Waals surface area contributed by atoms with E-state index in [2.05, 4.69) is 41.2 Å². The number of nitrogens with one attached hydrogen (secondary N) is 1. The van der Waals surface area contributed by atoms with Crippen LogP contribution in [0.25, 0.3) is 0 Å². The van der Waals surface area contributed by atoms with Gasteiger partial charge in [-0.25, -0.2) is 9.97 Å². The van der Waals surface area contributed by atoms with Crippen LogP contribution in [0.4, 0.5) is 11.5 Å². The quantitative estimate of drug-likeness (QED) is 0.903. The van der Waals surface area contributed by atoms with Gasteiger partial charge in [0.1, 0.15) is 11.6 Å². The van der Waals surface area contributed by atoms with Gasteiger partial charge in [-0.05, 0) is 31.9 Å². The van der Waals surface area contributed by atoms with E-state index < -0.39 is 0 Å². The number of anilines is 2. The maximum Gasteiger partial charge on any atom is 0.231 e. The molecule has 1 aromatic carbocycles. The molecular formula is C20H26N4O2. The molecule has 0 bridgehead atoms. The Morgan fingerprint density at radius 3 is 2.85 bits per heavy atom. The van der Waals surface area contributed by atoms with E-state index >= 15 is 0 Å². The molecule has 0 aliphatic carbocycles. The highest BCUT2D eigenvalue weighted by Gasteiger charge is 2.23.